The molecular formula is C25H27N7O4. The summed E-state index contributed by atoms with van der Waals surface area (Å²) in [6.07, 6.45) is 6.35. The molecule has 186 valence electrons. The van der Waals surface area contributed by atoms with Crippen molar-refractivity contribution in [2.75, 3.05) is 54.5 Å². The van der Waals surface area contributed by atoms with Crippen molar-refractivity contribution in [3.8, 4) is 11.5 Å². The lowest BCUT2D eigenvalue weighted by atomic mass is 10.1. The van der Waals surface area contributed by atoms with Gasteiger partial charge in [0.2, 0.25) is 11.5 Å². The molecule has 0 radical (unpaired) electrons. The predicted molar refractivity (Wildman–Crippen MR) is 133 cm³/mol. The zero-order chi connectivity index (χ0) is 24.5. The van der Waals surface area contributed by atoms with Crippen LogP contribution >= 0.6 is 0 Å². The number of fused-ring (bicyclic) bond motifs is 1. The fourth-order valence-electron chi connectivity index (χ4n) is 4.46. The third kappa shape index (κ3) is 4.49. The van der Waals surface area contributed by atoms with Gasteiger partial charge < -0.3 is 28.7 Å². The number of rotatable bonds is 5. The minimum Gasteiger partial charge on any atom is -0.444 e. The average molecular weight is 490 g/mol. The van der Waals surface area contributed by atoms with Crippen LogP contribution in [0.25, 0.3) is 22.7 Å². The van der Waals surface area contributed by atoms with Gasteiger partial charge >= 0.3 is 0 Å². The Labute approximate surface area is 207 Å². The van der Waals surface area contributed by atoms with Crippen molar-refractivity contribution in [2.24, 2.45) is 0 Å². The largest absolute Gasteiger partial charge is 0.444 e. The van der Waals surface area contributed by atoms with Crippen molar-refractivity contribution >= 4 is 34.7 Å². The maximum Gasteiger partial charge on any atom is 0.300 e. The smallest absolute Gasteiger partial charge is 0.300 e. The van der Waals surface area contributed by atoms with Crippen molar-refractivity contribution < 1.29 is 18.4 Å². The monoisotopic (exact) mass is 489 g/mol. The van der Waals surface area contributed by atoms with Crippen LogP contribution in [0.5, 0.6) is 0 Å². The number of pyridine rings is 2. The van der Waals surface area contributed by atoms with Crippen LogP contribution in [0.3, 0.4) is 0 Å². The van der Waals surface area contributed by atoms with Crippen molar-refractivity contribution in [2.45, 2.75) is 26.2 Å². The van der Waals surface area contributed by atoms with E-state index in [0.29, 0.717) is 66.5 Å². The van der Waals surface area contributed by atoms with Gasteiger partial charge in [-0.15, -0.1) is 0 Å². The van der Waals surface area contributed by atoms with Gasteiger partial charge in [0.1, 0.15) is 6.26 Å². The number of piperidine rings is 1. The summed E-state index contributed by atoms with van der Waals surface area (Å²) in [4.78, 5) is 35.5. The molecule has 2 aliphatic rings. The number of ether oxygens (including phenoxy) is 1. The molecule has 11 nitrogen and oxygen atoms in total. The molecule has 0 aromatic carbocycles. The first-order valence-corrected chi connectivity index (χ1v) is 12.2. The maximum absolute atomic E-state index is 13.2. The number of hydrogen-bond acceptors (Lipinski definition) is 10. The molecule has 2 aliphatic heterocycles. The van der Waals surface area contributed by atoms with Crippen molar-refractivity contribution in [3.05, 3.63) is 42.0 Å². The zero-order valence-corrected chi connectivity index (χ0v) is 20.1. The third-order valence-corrected chi connectivity index (χ3v) is 6.43. The number of hydrogen-bond donors (Lipinski definition) is 1. The number of morpholine rings is 1. The van der Waals surface area contributed by atoms with Gasteiger partial charge in [-0.25, -0.2) is 9.97 Å². The molecule has 36 heavy (non-hydrogen) atoms. The Bertz CT molecular complexity index is 1370. The van der Waals surface area contributed by atoms with E-state index in [1.54, 1.807) is 12.3 Å². The second-order valence-electron chi connectivity index (χ2n) is 9.01. The molecule has 0 spiro atoms. The van der Waals surface area contributed by atoms with Gasteiger partial charge in [0, 0.05) is 44.1 Å². The summed E-state index contributed by atoms with van der Waals surface area (Å²) in [5.41, 5.74) is 3.35. The highest BCUT2D eigenvalue weighted by molar-refractivity contribution is 6.05. The Morgan fingerprint density at radius 3 is 2.61 bits per heavy atom. The first-order chi connectivity index (χ1) is 17.6. The Kier molecular flexibility index (Phi) is 5.98. The summed E-state index contributed by atoms with van der Waals surface area (Å²) >= 11 is 0. The SMILES string of the molecule is Cc1ccc(-c2nc(C(=O)Nc3cc4oc(N5CCOCC5)nc4nc3N3CCCCC3)co2)cn1. The lowest BCUT2D eigenvalue weighted by molar-refractivity contribution is 0.102. The Morgan fingerprint density at radius 1 is 1.00 bits per heavy atom. The fraction of sp³-hybridized carbons (Fsp3) is 0.400. The van der Waals surface area contributed by atoms with E-state index in [-0.39, 0.29) is 5.69 Å². The minimum atomic E-state index is -0.391. The van der Waals surface area contributed by atoms with Crippen LogP contribution in [0.15, 0.2) is 39.5 Å². The highest BCUT2D eigenvalue weighted by atomic mass is 16.5. The molecular weight excluding hydrogens is 462 g/mol. The van der Waals surface area contributed by atoms with Gasteiger partial charge in [-0.2, -0.15) is 4.98 Å². The fourth-order valence-corrected chi connectivity index (χ4v) is 4.46. The van der Waals surface area contributed by atoms with Gasteiger partial charge in [-0.3, -0.25) is 9.78 Å². The molecule has 11 heteroatoms. The van der Waals surface area contributed by atoms with E-state index in [2.05, 4.69) is 25.2 Å². The molecule has 0 bridgehead atoms. The van der Waals surface area contributed by atoms with Gasteiger partial charge in [0.25, 0.3) is 11.9 Å². The molecule has 1 N–H and O–H groups in total. The van der Waals surface area contributed by atoms with Crippen molar-refractivity contribution in [1.29, 1.82) is 0 Å². The molecule has 4 aromatic heterocycles. The first-order valence-electron chi connectivity index (χ1n) is 12.2. The zero-order valence-electron chi connectivity index (χ0n) is 20.1. The Balaban J connectivity index is 1.31. The molecule has 6 rings (SSSR count). The van der Waals surface area contributed by atoms with Crippen molar-refractivity contribution in [3.63, 3.8) is 0 Å². The number of oxazole rings is 2. The average Bonchev–Trinajstić information content (AvgIpc) is 3.57. The van der Waals surface area contributed by atoms with Crippen LogP contribution in [-0.4, -0.2) is 65.2 Å². The second kappa shape index (κ2) is 9.57. The van der Waals surface area contributed by atoms with Gasteiger partial charge in [-0.05, 0) is 38.3 Å². The summed E-state index contributed by atoms with van der Waals surface area (Å²) in [6, 6.07) is 6.04. The number of carbonyl (C=O) groups is 1. The topological polar surface area (TPSA) is 123 Å². The molecule has 1 amide bonds. The van der Waals surface area contributed by atoms with Gasteiger partial charge in [-0.1, -0.05) is 0 Å². The molecule has 2 fully saturated rings. The van der Waals surface area contributed by atoms with Crippen molar-refractivity contribution in [1.82, 2.24) is 19.9 Å². The number of carbonyl (C=O) groups excluding carboxylic acids is 1. The van der Waals surface area contributed by atoms with E-state index in [0.717, 1.165) is 31.6 Å². The highest BCUT2D eigenvalue weighted by Gasteiger charge is 2.24. The van der Waals surface area contributed by atoms with Crippen LogP contribution in [0, 0.1) is 6.92 Å². The molecule has 0 aliphatic carbocycles. The lowest BCUT2D eigenvalue weighted by Gasteiger charge is -2.29. The van der Waals surface area contributed by atoms with Crippen LogP contribution in [0.4, 0.5) is 17.5 Å². The summed E-state index contributed by atoms with van der Waals surface area (Å²) in [5.74, 6) is 0.629. The number of amides is 1. The summed E-state index contributed by atoms with van der Waals surface area (Å²) in [6.45, 7) is 6.31. The van der Waals surface area contributed by atoms with E-state index in [9.17, 15) is 4.79 Å². The molecule has 2 saturated heterocycles. The highest BCUT2D eigenvalue weighted by Crippen LogP contribution is 2.32. The Hall–Kier alpha value is -3.99. The number of nitrogens with one attached hydrogen (secondary N) is 1. The summed E-state index contributed by atoms with van der Waals surface area (Å²) in [5, 5.41) is 2.98. The molecule has 0 unspecified atom stereocenters. The third-order valence-electron chi connectivity index (χ3n) is 6.43. The number of nitrogens with zero attached hydrogens (tertiary/aromatic N) is 6. The van der Waals surface area contributed by atoms with E-state index < -0.39 is 5.91 Å². The van der Waals surface area contributed by atoms with Crippen LogP contribution in [0.1, 0.15) is 35.4 Å². The summed E-state index contributed by atoms with van der Waals surface area (Å²) < 4.78 is 17.0. The quantitative estimate of drug-likeness (QED) is 0.444. The Morgan fingerprint density at radius 2 is 1.83 bits per heavy atom. The minimum absolute atomic E-state index is 0.168. The standard InChI is InChI=1S/C25H27N7O4/c1-16-5-6-17(14-26-16)24-28-19(15-35-24)23(33)27-18-13-20-21(29-22(18)31-7-3-2-4-8-31)30-25(36-20)32-9-11-34-12-10-32/h5-6,13-15H,2-4,7-12H2,1H3,(H,27,33). The van der Waals surface area contributed by atoms with Crippen LogP contribution < -0.4 is 15.1 Å². The number of anilines is 3. The first kappa shape index (κ1) is 22.5. The second-order valence-corrected chi connectivity index (χ2v) is 9.01. The maximum atomic E-state index is 13.2. The molecule has 4 aromatic rings. The number of aromatic nitrogens is 4. The molecule has 6 heterocycles. The summed E-state index contributed by atoms with van der Waals surface area (Å²) in [7, 11) is 0. The van der Waals surface area contributed by atoms with Crippen LogP contribution in [-0.2, 0) is 4.74 Å². The van der Waals surface area contributed by atoms with Gasteiger partial charge in [0.15, 0.2) is 17.1 Å². The van der Waals surface area contributed by atoms with Crippen LogP contribution in [0.2, 0.25) is 0 Å². The molecule has 0 saturated carbocycles. The molecule has 0 atom stereocenters. The lowest BCUT2D eigenvalue weighted by Crippen LogP contribution is -2.36. The van der Waals surface area contributed by atoms with E-state index in [4.69, 9.17) is 18.6 Å². The van der Waals surface area contributed by atoms with E-state index >= 15 is 0 Å². The predicted octanol–water partition coefficient (Wildman–Crippen LogP) is 3.66. The number of aryl methyl sites for hydroxylation is 1. The van der Waals surface area contributed by atoms with E-state index in [1.165, 1.54) is 12.7 Å². The van der Waals surface area contributed by atoms with Gasteiger partial charge in [0.05, 0.1) is 24.5 Å². The normalized spacial score (nSPS) is 16.5. The van der Waals surface area contributed by atoms with E-state index in [1.807, 2.05) is 24.0 Å².